The predicted octanol–water partition coefficient (Wildman–Crippen LogP) is 0.817. The molecule has 0 atom stereocenters. The molecule has 0 saturated heterocycles. The highest BCUT2D eigenvalue weighted by molar-refractivity contribution is 5.98. The number of nitrogens with one attached hydrogen (secondary N) is 1. The lowest BCUT2D eigenvalue weighted by Crippen LogP contribution is -2.36. The van der Waals surface area contributed by atoms with Crippen LogP contribution in [-0.2, 0) is 4.79 Å². The van der Waals surface area contributed by atoms with Crippen LogP contribution in [0.2, 0.25) is 0 Å². The van der Waals surface area contributed by atoms with Crippen LogP contribution in [0.3, 0.4) is 0 Å². The first-order chi connectivity index (χ1) is 7.91. The maximum absolute atomic E-state index is 11.8. The second-order valence-corrected chi connectivity index (χ2v) is 4.05. The number of nitrogen functional groups attached to an aromatic ring is 1. The monoisotopic (exact) mass is 271 g/mol. The molecule has 1 rings (SSSR count). The molecule has 0 heterocycles. The van der Waals surface area contributed by atoms with Gasteiger partial charge in [0.05, 0.1) is 6.54 Å². The molecular formula is C12H18ClN3O2. The third kappa shape index (κ3) is 4.25. The second-order valence-electron chi connectivity index (χ2n) is 4.05. The lowest BCUT2D eigenvalue weighted by molar-refractivity contribution is -0.127. The van der Waals surface area contributed by atoms with Crippen molar-refractivity contribution >= 4 is 29.9 Å². The fourth-order valence-corrected chi connectivity index (χ4v) is 1.29. The summed E-state index contributed by atoms with van der Waals surface area (Å²) < 4.78 is 0. The lowest BCUT2D eigenvalue weighted by Gasteiger charge is -2.12. The molecule has 0 unspecified atom stereocenters. The minimum absolute atomic E-state index is 0. The molecule has 1 aromatic rings. The number of anilines is 1. The second kappa shape index (κ2) is 6.86. The van der Waals surface area contributed by atoms with Crippen molar-refractivity contribution in [3.05, 3.63) is 29.3 Å². The van der Waals surface area contributed by atoms with Crippen molar-refractivity contribution in [1.29, 1.82) is 0 Å². The van der Waals surface area contributed by atoms with Gasteiger partial charge in [0.2, 0.25) is 5.91 Å². The van der Waals surface area contributed by atoms with Gasteiger partial charge >= 0.3 is 0 Å². The molecule has 0 fully saturated rings. The van der Waals surface area contributed by atoms with Crippen LogP contribution in [-0.4, -0.2) is 37.4 Å². The van der Waals surface area contributed by atoms with Gasteiger partial charge in [0, 0.05) is 25.3 Å². The Balaban J connectivity index is 0.00000289. The van der Waals surface area contributed by atoms with Gasteiger partial charge in [0.1, 0.15) is 0 Å². The Bertz CT molecular complexity index is 447. The number of carbonyl (C=O) groups excluding carboxylic acids is 2. The number of amides is 2. The predicted molar refractivity (Wildman–Crippen MR) is 73.9 cm³/mol. The molecule has 6 heteroatoms. The van der Waals surface area contributed by atoms with Crippen LogP contribution in [0.15, 0.2) is 18.2 Å². The zero-order chi connectivity index (χ0) is 13.0. The molecule has 0 radical (unpaired) electrons. The molecule has 2 amide bonds. The molecule has 0 aromatic heterocycles. The summed E-state index contributed by atoms with van der Waals surface area (Å²) in [7, 11) is 3.28. The van der Waals surface area contributed by atoms with Crippen LogP contribution in [0.1, 0.15) is 15.9 Å². The molecule has 0 aliphatic rings. The minimum atomic E-state index is -0.287. The Kier molecular flexibility index (Phi) is 6.19. The molecule has 0 spiro atoms. The first kappa shape index (κ1) is 16.2. The number of hydrogen-bond donors (Lipinski definition) is 2. The van der Waals surface area contributed by atoms with Crippen molar-refractivity contribution in [2.24, 2.45) is 0 Å². The Morgan fingerprint density at radius 1 is 1.33 bits per heavy atom. The summed E-state index contributed by atoms with van der Waals surface area (Å²) in [6, 6.07) is 5.11. The Morgan fingerprint density at radius 2 is 1.94 bits per heavy atom. The number of aryl methyl sites for hydroxylation is 1. The van der Waals surface area contributed by atoms with Crippen molar-refractivity contribution in [1.82, 2.24) is 10.2 Å². The average Bonchev–Trinajstić information content (AvgIpc) is 2.28. The highest BCUT2D eigenvalue weighted by atomic mass is 35.5. The van der Waals surface area contributed by atoms with E-state index in [1.807, 2.05) is 6.92 Å². The van der Waals surface area contributed by atoms with Crippen molar-refractivity contribution < 1.29 is 9.59 Å². The SMILES string of the molecule is Cc1ccc(N)cc1C(=O)NCC(=O)N(C)C.Cl. The maximum Gasteiger partial charge on any atom is 0.252 e. The number of likely N-dealkylation sites (N-methyl/N-ethyl adjacent to an activating group) is 1. The van der Waals surface area contributed by atoms with Gasteiger partial charge < -0.3 is 16.0 Å². The van der Waals surface area contributed by atoms with Gasteiger partial charge in [0.15, 0.2) is 0 Å². The molecular weight excluding hydrogens is 254 g/mol. The van der Waals surface area contributed by atoms with Gasteiger partial charge in [-0.2, -0.15) is 0 Å². The minimum Gasteiger partial charge on any atom is -0.399 e. The quantitative estimate of drug-likeness (QED) is 0.799. The van der Waals surface area contributed by atoms with E-state index < -0.39 is 0 Å². The number of nitrogens with two attached hydrogens (primary N) is 1. The Hall–Kier alpha value is -1.75. The number of rotatable bonds is 3. The van der Waals surface area contributed by atoms with Gasteiger partial charge in [-0.3, -0.25) is 9.59 Å². The zero-order valence-electron chi connectivity index (χ0n) is 10.7. The first-order valence-corrected chi connectivity index (χ1v) is 5.26. The summed E-state index contributed by atoms with van der Waals surface area (Å²) in [5, 5.41) is 2.56. The molecule has 0 aliphatic heterocycles. The summed E-state index contributed by atoms with van der Waals surface area (Å²) in [4.78, 5) is 24.5. The van der Waals surface area contributed by atoms with Gasteiger partial charge in [0.25, 0.3) is 5.91 Å². The fraction of sp³-hybridized carbons (Fsp3) is 0.333. The van der Waals surface area contributed by atoms with Crippen molar-refractivity contribution in [2.75, 3.05) is 26.4 Å². The Labute approximate surface area is 113 Å². The van der Waals surface area contributed by atoms with E-state index in [0.29, 0.717) is 11.3 Å². The highest BCUT2D eigenvalue weighted by Gasteiger charge is 2.11. The lowest BCUT2D eigenvalue weighted by atomic mass is 10.1. The third-order valence-electron chi connectivity index (χ3n) is 2.41. The number of halogens is 1. The van der Waals surface area contributed by atoms with E-state index in [1.165, 1.54) is 4.90 Å². The van der Waals surface area contributed by atoms with Crippen LogP contribution in [0, 0.1) is 6.92 Å². The van der Waals surface area contributed by atoms with Gasteiger partial charge in [-0.25, -0.2) is 0 Å². The molecule has 0 bridgehead atoms. The fourth-order valence-electron chi connectivity index (χ4n) is 1.29. The molecule has 18 heavy (non-hydrogen) atoms. The summed E-state index contributed by atoms with van der Waals surface area (Å²) in [6.07, 6.45) is 0. The number of carbonyl (C=O) groups is 2. The summed E-state index contributed by atoms with van der Waals surface area (Å²) >= 11 is 0. The Morgan fingerprint density at radius 3 is 2.50 bits per heavy atom. The molecule has 1 aromatic carbocycles. The third-order valence-corrected chi connectivity index (χ3v) is 2.41. The standard InChI is InChI=1S/C12H17N3O2.ClH/c1-8-4-5-9(13)6-10(8)12(17)14-7-11(16)15(2)3;/h4-6H,7,13H2,1-3H3,(H,14,17);1H. The largest absolute Gasteiger partial charge is 0.399 e. The van der Waals surface area contributed by atoms with Crippen LogP contribution in [0.4, 0.5) is 5.69 Å². The van der Waals surface area contributed by atoms with Crippen LogP contribution < -0.4 is 11.1 Å². The van der Waals surface area contributed by atoms with Crippen LogP contribution in [0.5, 0.6) is 0 Å². The summed E-state index contributed by atoms with van der Waals surface area (Å²) in [5.74, 6) is -0.440. The van der Waals surface area contributed by atoms with E-state index in [2.05, 4.69) is 5.32 Å². The van der Waals surface area contributed by atoms with E-state index in [1.54, 1.807) is 32.3 Å². The molecule has 3 N–H and O–H groups in total. The van der Waals surface area contributed by atoms with E-state index in [9.17, 15) is 9.59 Å². The van der Waals surface area contributed by atoms with Crippen molar-refractivity contribution in [3.63, 3.8) is 0 Å². The number of hydrogen-bond acceptors (Lipinski definition) is 3. The van der Waals surface area contributed by atoms with Crippen LogP contribution in [0.25, 0.3) is 0 Å². The smallest absolute Gasteiger partial charge is 0.252 e. The first-order valence-electron chi connectivity index (χ1n) is 5.26. The molecule has 5 nitrogen and oxygen atoms in total. The molecule has 100 valence electrons. The van der Waals surface area contributed by atoms with Gasteiger partial charge in [-0.15, -0.1) is 12.4 Å². The van der Waals surface area contributed by atoms with E-state index >= 15 is 0 Å². The highest BCUT2D eigenvalue weighted by Crippen LogP contribution is 2.12. The van der Waals surface area contributed by atoms with E-state index in [-0.39, 0.29) is 30.8 Å². The molecule has 0 saturated carbocycles. The number of nitrogens with zero attached hydrogens (tertiary/aromatic N) is 1. The summed E-state index contributed by atoms with van der Waals surface area (Å²) in [6.45, 7) is 1.81. The zero-order valence-corrected chi connectivity index (χ0v) is 11.5. The van der Waals surface area contributed by atoms with Gasteiger partial charge in [-0.05, 0) is 24.6 Å². The van der Waals surface area contributed by atoms with Crippen LogP contribution >= 0.6 is 12.4 Å². The maximum atomic E-state index is 11.8. The topological polar surface area (TPSA) is 75.4 Å². The van der Waals surface area contributed by atoms with E-state index in [4.69, 9.17) is 5.73 Å². The normalized spacial score (nSPS) is 9.28. The average molecular weight is 272 g/mol. The number of benzene rings is 1. The van der Waals surface area contributed by atoms with E-state index in [0.717, 1.165) is 5.56 Å². The van der Waals surface area contributed by atoms with Crippen molar-refractivity contribution in [3.8, 4) is 0 Å². The summed E-state index contributed by atoms with van der Waals surface area (Å²) in [5.41, 5.74) is 7.47. The molecule has 0 aliphatic carbocycles. The van der Waals surface area contributed by atoms with Crippen molar-refractivity contribution in [2.45, 2.75) is 6.92 Å². The van der Waals surface area contributed by atoms with Gasteiger partial charge in [-0.1, -0.05) is 6.07 Å².